The number of nitriles is 1. The number of sulfone groups is 1. The molecule has 0 atom stereocenters. The molecule has 84 valence electrons. The highest BCUT2D eigenvalue weighted by Gasteiger charge is 2.44. The van der Waals surface area contributed by atoms with Gasteiger partial charge in [-0.1, -0.05) is 0 Å². The normalized spacial score (nSPS) is 28.2. The van der Waals surface area contributed by atoms with E-state index in [1.165, 1.54) is 0 Å². The second kappa shape index (κ2) is 3.76. The first-order chi connectivity index (χ1) is 7.05. The molecule has 0 amide bonds. The van der Waals surface area contributed by atoms with Crippen molar-refractivity contribution in [1.29, 1.82) is 5.26 Å². The highest BCUT2D eigenvalue weighted by atomic mass is 32.2. The van der Waals surface area contributed by atoms with Crippen molar-refractivity contribution in [3.05, 3.63) is 0 Å². The Morgan fingerprint density at radius 1 is 1.27 bits per heavy atom. The molecule has 2 fully saturated rings. The van der Waals surface area contributed by atoms with Gasteiger partial charge in [0, 0.05) is 26.1 Å². The molecule has 0 unspecified atom stereocenters. The summed E-state index contributed by atoms with van der Waals surface area (Å²) in [7, 11) is -2.77. The molecule has 1 heterocycles. The van der Waals surface area contributed by atoms with Gasteiger partial charge in [-0.25, -0.2) is 8.42 Å². The smallest absolute Gasteiger partial charge is 0.152 e. The molecule has 5 heteroatoms. The van der Waals surface area contributed by atoms with E-state index in [-0.39, 0.29) is 16.9 Å². The Bertz CT molecular complexity index is 365. The molecule has 0 aromatic heterocycles. The van der Waals surface area contributed by atoms with E-state index in [2.05, 4.69) is 11.0 Å². The molecular formula is C10H16N2O2S. The monoisotopic (exact) mass is 228 g/mol. The molecular weight excluding hydrogens is 212 g/mol. The Balaban J connectivity index is 1.85. The Labute approximate surface area is 90.8 Å². The summed E-state index contributed by atoms with van der Waals surface area (Å²) < 4.78 is 22.4. The van der Waals surface area contributed by atoms with E-state index in [0.29, 0.717) is 19.5 Å². The van der Waals surface area contributed by atoms with E-state index in [1.807, 2.05) is 0 Å². The van der Waals surface area contributed by atoms with Crippen molar-refractivity contribution < 1.29 is 8.42 Å². The number of hydrogen-bond acceptors (Lipinski definition) is 4. The lowest BCUT2D eigenvalue weighted by Gasteiger charge is -2.29. The van der Waals surface area contributed by atoms with E-state index in [1.54, 1.807) is 0 Å². The summed E-state index contributed by atoms with van der Waals surface area (Å²) in [6, 6.07) is 2.23. The molecule has 15 heavy (non-hydrogen) atoms. The number of hydrogen-bond donors (Lipinski definition) is 0. The lowest BCUT2D eigenvalue weighted by Crippen LogP contribution is -2.42. The fraction of sp³-hybridized carbons (Fsp3) is 0.900. The van der Waals surface area contributed by atoms with Gasteiger partial charge in [-0.3, -0.25) is 0 Å². The van der Waals surface area contributed by atoms with Gasteiger partial charge in [0.2, 0.25) is 0 Å². The van der Waals surface area contributed by atoms with Crippen LogP contribution in [0.4, 0.5) is 0 Å². The maximum Gasteiger partial charge on any atom is 0.152 e. The molecule has 2 rings (SSSR count). The molecule has 0 bridgehead atoms. The number of rotatable bonds is 3. The zero-order valence-corrected chi connectivity index (χ0v) is 9.59. The molecule has 2 aliphatic rings. The van der Waals surface area contributed by atoms with Gasteiger partial charge in [0.15, 0.2) is 9.84 Å². The lowest BCUT2D eigenvalue weighted by atomic mass is 10.0. The van der Waals surface area contributed by atoms with Crippen LogP contribution in [0.15, 0.2) is 0 Å². The van der Waals surface area contributed by atoms with Crippen LogP contribution < -0.4 is 0 Å². The van der Waals surface area contributed by atoms with Gasteiger partial charge in [0.1, 0.15) is 0 Å². The van der Waals surface area contributed by atoms with E-state index < -0.39 is 9.84 Å². The summed E-state index contributed by atoms with van der Waals surface area (Å²) in [5, 5.41) is 8.69. The fourth-order valence-corrected chi connectivity index (χ4v) is 3.39. The molecule has 0 spiro atoms. The maximum absolute atomic E-state index is 11.2. The van der Waals surface area contributed by atoms with Gasteiger partial charge < -0.3 is 4.90 Å². The van der Waals surface area contributed by atoms with Gasteiger partial charge in [-0.2, -0.15) is 5.26 Å². The van der Waals surface area contributed by atoms with Gasteiger partial charge in [-0.05, 0) is 18.3 Å². The maximum atomic E-state index is 11.2. The van der Waals surface area contributed by atoms with Gasteiger partial charge in [0.25, 0.3) is 0 Å². The predicted octanol–water partition coefficient (Wildman–Crippen LogP) is 0.411. The quantitative estimate of drug-likeness (QED) is 0.702. The molecule has 0 aromatic rings. The summed E-state index contributed by atoms with van der Waals surface area (Å²) in [5.74, 6) is 0.575. The summed E-state index contributed by atoms with van der Waals surface area (Å²) >= 11 is 0. The standard InChI is InChI=1S/C10H16N2O2S/c11-4-3-10(1-2-10)9-12-5-7-15(13,14)8-6-12/h1-3,5-9H2. The highest BCUT2D eigenvalue weighted by molar-refractivity contribution is 7.91. The molecule has 0 aromatic carbocycles. The Morgan fingerprint density at radius 2 is 1.87 bits per heavy atom. The Kier molecular flexibility index (Phi) is 2.73. The third kappa shape index (κ3) is 2.70. The first-order valence-corrected chi connectivity index (χ1v) is 7.17. The Hall–Kier alpha value is -0.600. The summed E-state index contributed by atoms with van der Waals surface area (Å²) in [6.07, 6.45) is 2.88. The van der Waals surface area contributed by atoms with Crippen LogP contribution in [0.3, 0.4) is 0 Å². The minimum absolute atomic E-state index is 0.204. The molecule has 0 N–H and O–H groups in total. The SMILES string of the molecule is N#CCC1(CN2CCS(=O)(=O)CC2)CC1. The number of nitrogens with zero attached hydrogens (tertiary/aromatic N) is 2. The second-order valence-corrected chi connectivity index (χ2v) is 7.07. The van der Waals surface area contributed by atoms with Gasteiger partial charge in [-0.15, -0.1) is 0 Å². The van der Waals surface area contributed by atoms with Crippen LogP contribution in [0.5, 0.6) is 0 Å². The van der Waals surface area contributed by atoms with Gasteiger partial charge >= 0.3 is 0 Å². The average Bonchev–Trinajstić information content (AvgIpc) is 2.90. The van der Waals surface area contributed by atoms with Crippen LogP contribution in [0.25, 0.3) is 0 Å². The fourth-order valence-electron chi connectivity index (χ4n) is 2.12. The Morgan fingerprint density at radius 3 is 2.33 bits per heavy atom. The third-order valence-corrected chi connectivity index (χ3v) is 5.02. The van der Waals surface area contributed by atoms with Crippen LogP contribution in [0.2, 0.25) is 0 Å². The summed E-state index contributed by atoms with van der Waals surface area (Å²) in [5.41, 5.74) is 0.204. The average molecular weight is 228 g/mol. The van der Waals surface area contributed by atoms with Crippen LogP contribution in [0, 0.1) is 16.7 Å². The zero-order valence-electron chi connectivity index (χ0n) is 8.78. The predicted molar refractivity (Wildman–Crippen MR) is 57.0 cm³/mol. The first kappa shape index (κ1) is 10.9. The van der Waals surface area contributed by atoms with Crippen molar-refractivity contribution in [2.45, 2.75) is 19.3 Å². The minimum Gasteiger partial charge on any atom is -0.301 e. The summed E-state index contributed by atoms with van der Waals surface area (Å²) in [6.45, 7) is 2.21. The molecule has 1 saturated carbocycles. The van der Waals surface area contributed by atoms with E-state index in [9.17, 15) is 8.42 Å². The molecule has 4 nitrogen and oxygen atoms in total. The van der Waals surface area contributed by atoms with E-state index in [0.717, 1.165) is 19.4 Å². The van der Waals surface area contributed by atoms with Crippen molar-refractivity contribution in [2.75, 3.05) is 31.1 Å². The topological polar surface area (TPSA) is 61.2 Å². The van der Waals surface area contributed by atoms with Crippen LogP contribution in [-0.2, 0) is 9.84 Å². The minimum atomic E-state index is -2.77. The largest absolute Gasteiger partial charge is 0.301 e. The molecule has 0 radical (unpaired) electrons. The van der Waals surface area contributed by atoms with Crippen LogP contribution in [0.1, 0.15) is 19.3 Å². The first-order valence-electron chi connectivity index (χ1n) is 5.35. The summed E-state index contributed by atoms with van der Waals surface area (Å²) in [4.78, 5) is 2.20. The zero-order chi connectivity index (χ0) is 10.9. The highest BCUT2D eigenvalue weighted by Crippen LogP contribution is 2.49. The second-order valence-electron chi connectivity index (χ2n) is 4.76. The van der Waals surface area contributed by atoms with E-state index >= 15 is 0 Å². The van der Waals surface area contributed by atoms with Crippen molar-refractivity contribution in [1.82, 2.24) is 4.90 Å². The molecule has 1 aliphatic heterocycles. The van der Waals surface area contributed by atoms with Crippen molar-refractivity contribution in [2.24, 2.45) is 5.41 Å². The lowest BCUT2D eigenvalue weighted by molar-refractivity contribution is 0.236. The van der Waals surface area contributed by atoms with Gasteiger partial charge in [0.05, 0.1) is 17.6 Å². The molecule has 1 aliphatic carbocycles. The third-order valence-electron chi connectivity index (χ3n) is 3.41. The van der Waals surface area contributed by atoms with Crippen LogP contribution >= 0.6 is 0 Å². The van der Waals surface area contributed by atoms with Crippen molar-refractivity contribution >= 4 is 9.84 Å². The van der Waals surface area contributed by atoms with E-state index in [4.69, 9.17) is 5.26 Å². The molecule has 1 saturated heterocycles. The van der Waals surface area contributed by atoms with Crippen LogP contribution in [-0.4, -0.2) is 44.5 Å². The van der Waals surface area contributed by atoms with Crippen molar-refractivity contribution in [3.8, 4) is 6.07 Å². The van der Waals surface area contributed by atoms with Crippen molar-refractivity contribution in [3.63, 3.8) is 0 Å².